The molecular formula is C24H28N4O3. The van der Waals surface area contributed by atoms with Gasteiger partial charge in [-0.3, -0.25) is 4.79 Å². The molecule has 4 N–H and O–H groups in total. The number of nitrogens with zero attached hydrogens (tertiary/aromatic N) is 2. The molecule has 2 aromatic carbocycles. The molecule has 162 valence electrons. The van der Waals surface area contributed by atoms with Crippen molar-refractivity contribution in [3.05, 3.63) is 59.2 Å². The summed E-state index contributed by atoms with van der Waals surface area (Å²) in [4.78, 5) is 19.1. The highest BCUT2D eigenvalue weighted by Crippen LogP contribution is 2.32. The number of benzene rings is 2. The third kappa shape index (κ3) is 4.69. The number of fused-ring (bicyclic) bond motifs is 1. The van der Waals surface area contributed by atoms with Crippen molar-refractivity contribution in [2.45, 2.75) is 32.5 Å². The second-order valence-electron chi connectivity index (χ2n) is 7.76. The first-order chi connectivity index (χ1) is 15.1. The van der Waals surface area contributed by atoms with Gasteiger partial charge in [0, 0.05) is 37.2 Å². The Labute approximate surface area is 182 Å². The molecule has 7 nitrogen and oxygen atoms in total. The SMILES string of the molecule is CCOC(O)C1=Cc2cc(-c3ccc(C(=O)N4CCCC4)cc3)ccc2N=C(NN)C1. The number of aliphatic hydroxyl groups is 1. The number of ether oxygens (including phenoxy) is 1. The van der Waals surface area contributed by atoms with Crippen molar-refractivity contribution in [2.24, 2.45) is 10.8 Å². The van der Waals surface area contributed by atoms with Crippen LogP contribution in [0, 0.1) is 0 Å². The molecule has 1 unspecified atom stereocenters. The number of carbonyl (C=O) groups excluding carboxylic acids is 1. The number of rotatable bonds is 5. The number of aliphatic hydroxyl groups excluding tert-OH is 1. The molecule has 2 aromatic rings. The van der Waals surface area contributed by atoms with Crippen molar-refractivity contribution in [3.8, 4) is 11.1 Å². The summed E-state index contributed by atoms with van der Waals surface area (Å²) in [6.45, 7) is 3.92. The first-order valence-electron chi connectivity index (χ1n) is 10.7. The van der Waals surface area contributed by atoms with E-state index in [2.05, 4.69) is 10.4 Å². The molecule has 2 heterocycles. The lowest BCUT2D eigenvalue weighted by Crippen LogP contribution is -2.31. The van der Waals surface area contributed by atoms with Crippen LogP contribution in [0.5, 0.6) is 0 Å². The lowest BCUT2D eigenvalue weighted by atomic mass is 9.99. The van der Waals surface area contributed by atoms with Crippen LogP contribution < -0.4 is 11.3 Å². The maximum Gasteiger partial charge on any atom is 0.253 e. The number of amides is 1. The molecule has 0 spiro atoms. The molecule has 0 radical (unpaired) electrons. The highest BCUT2D eigenvalue weighted by atomic mass is 16.6. The van der Waals surface area contributed by atoms with E-state index in [0.29, 0.717) is 30.0 Å². The summed E-state index contributed by atoms with van der Waals surface area (Å²) in [7, 11) is 0. The smallest absolute Gasteiger partial charge is 0.253 e. The standard InChI is InChI=1S/C24H28N4O3/c1-2-31-24(30)20-14-19-13-18(9-10-21(19)26-22(15-20)27-25)16-5-7-17(8-6-16)23(29)28-11-3-4-12-28/h5-10,13-14,24,30H,2-4,11-12,15,25H2,1H3,(H,26,27). The van der Waals surface area contributed by atoms with Crippen molar-refractivity contribution >= 4 is 23.5 Å². The van der Waals surface area contributed by atoms with Gasteiger partial charge in [-0.1, -0.05) is 18.2 Å². The molecule has 1 fully saturated rings. The third-order valence-corrected chi connectivity index (χ3v) is 5.66. The van der Waals surface area contributed by atoms with Gasteiger partial charge in [-0.2, -0.15) is 0 Å². The summed E-state index contributed by atoms with van der Waals surface area (Å²) in [5, 5.41) is 10.3. The predicted molar refractivity (Wildman–Crippen MR) is 122 cm³/mol. The Balaban J connectivity index is 1.63. The first-order valence-corrected chi connectivity index (χ1v) is 10.7. The second kappa shape index (κ2) is 9.43. The van der Waals surface area contributed by atoms with Crippen LogP contribution >= 0.6 is 0 Å². The van der Waals surface area contributed by atoms with Crippen LogP contribution in [0.15, 0.2) is 53.0 Å². The van der Waals surface area contributed by atoms with Crippen LogP contribution in [-0.4, -0.2) is 47.7 Å². The minimum Gasteiger partial charge on any atom is -0.364 e. The van der Waals surface area contributed by atoms with Gasteiger partial charge in [-0.05, 0) is 66.8 Å². The zero-order valence-corrected chi connectivity index (χ0v) is 17.7. The maximum absolute atomic E-state index is 12.6. The molecule has 1 saturated heterocycles. The molecule has 0 aliphatic carbocycles. The molecule has 0 saturated carbocycles. The highest BCUT2D eigenvalue weighted by Gasteiger charge is 2.20. The van der Waals surface area contributed by atoms with Crippen LogP contribution in [0.3, 0.4) is 0 Å². The second-order valence-corrected chi connectivity index (χ2v) is 7.76. The number of nitrogens with two attached hydrogens (primary N) is 1. The van der Waals surface area contributed by atoms with Crippen molar-refractivity contribution in [3.63, 3.8) is 0 Å². The average molecular weight is 421 g/mol. The normalized spacial score (nSPS) is 16.8. The Bertz CT molecular complexity index is 1010. The minimum atomic E-state index is -1.02. The van der Waals surface area contributed by atoms with E-state index < -0.39 is 6.29 Å². The monoisotopic (exact) mass is 420 g/mol. The summed E-state index contributed by atoms with van der Waals surface area (Å²) in [5.41, 5.74) is 7.63. The molecule has 2 aliphatic rings. The van der Waals surface area contributed by atoms with E-state index in [1.165, 1.54) is 0 Å². The van der Waals surface area contributed by atoms with E-state index in [-0.39, 0.29) is 5.91 Å². The number of hydrogen-bond acceptors (Lipinski definition) is 6. The van der Waals surface area contributed by atoms with Gasteiger partial charge in [-0.25, -0.2) is 10.8 Å². The largest absolute Gasteiger partial charge is 0.364 e. The fraction of sp³-hybridized carbons (Fsp3) is 0.333. The summed E-state index contributed by atoms with van der Waals surface area (Å²) in [5.74, 6) is 6.26. The topological polar surface area (TPSA) is 100 Å². The molecule has 1 atom stereocenters. The number of aliphatic imine (C=N–C) groups is 1. The van der Waals surface area contributed by atoms with Crippen LogP contribution in [0.1, 0.15) is 42.1 Å². The lowest BCUT2D eigenvalue weighted by Gasteiger charge is -2.15. The number of nitrogens with one attached hydrogen (secondary N) is 1. The molecular weight excluding hydrogens is 392 g/mol. The molecule has 0 bridgehead atoms. The molecule has 31 heavy (non-hydrogen) atoms. The summed E-state index contributed by atoms with van der Waals surface area (Å²) in [6.07, 6.45) is 3.41. The Kier molecular flexibility index (Phi) is 6.46. The van der Waals surface area contributed by atoms with Crippen LogP contribution in [0.2, 0.25) is 0 Å². The quantitative estimate of drug-likeness (QED) is 0.392. The van der Waals surface area contributed by atoms with Crippen LogP contribution in [0.4, 0.5) is 5.69 Å². The lowest BCUT2D eigenvalue weighted by molar-refractivity contribution is -0.0671. The van der Waals surface area contributed by atoms with Crippen molar-refractivity contribution in [1.29, 1.82) is 0 Å². The van der Waals surface area contributed by atoms with Gasteiger partial charge < -0.3 is 20.2 Å². The zero-order valence-electron chi connectivity index (χ0n) is 17.7. The van der Waals surface area contributed by atoms with E-state index in [1.807, 2.05) is 60.4 Å². The Morgan fingerprint density at radius 2 is 1.90 bits per heavy atom. The summed E-state index contributed by atoms with van der Waals surface area (Å²) in [6, 6.07) is 13.7. The third-order valence-electron chi connectivity index (χ3n) is 5.66. The zero-order chi connectivity index (χ0) is 21.8. The van der Waals surface area contributed by atoms with Gasteiger partial charge in [0.15, 0.2) is 6.29 Å². The van der Waals surface area contributed by atoms with Gasteiger partial charge in [-0.15, -0.1) is 0 Å². The summed E-state index contributed by atoms with van der Waals surface area (Å²) < 4.78 is 5.37. The highest BCUT2D eigenvalue weighted by molar-refractivity contribution is 5.95. The fourth-order valence-corrected chi connectivity index (χ4v) is 4.00. The summed E-state index contributed by atoms with van der Waals surface area (Å²) >= 11 is 0. The number of likely N-dealkylation sites (tertiary alicyclic amines) is 1. The number of hydrogen-bond donors (Lipinski definition) is 3. The number of hydrazine groups is 1. The van der Waals surface area contributed by atoms with Gasteiger partial charge in [0.2, 0.25) is 0 Å². The number of carbonyl (C=O) groups is 1. The van der Waals surface area contributed by atoms with Gasteiger partial charge in [0.25, 0.3) is 5.91 Å². The molecule has 2 aliphatic heterocycles. The fourth-order valence-electron chi connectivity index (χ4n) is 4.00. The molecule has 7 heteroatoms. The number of amidine groups is 1. The average Bonchev–Trinajstić information content (AvgIpc) is 3.26. The van der Waals surface area contributed by atoms with Crippen molar-refractivity contribution in [1.82, 2.24) is 10.3 Å². The van der Waals surface area contributed by atoms with E-state index in [1.54, 1.807) is 0 Å². The van der Waals surface area contributed by atoms with E-state index in [4.69, 9.17) is 10.6 Å². The van der Waals surface area contributed by atoms with E-state index >= 15 is 0 Å². The predicted octanol–water partition coefficient (Wildman–Crippen LogP) is 3.22. The van der Waals surface area contributed by atoms with Gasteiger partial charge >= 0.3 is 0 Å². The van der Waals surface area contributed by atoms with E-state index in [0.717, 1.165) is 48.3 Å². The van der Waals surface area contributed by atoms with Crippen LogP contribution in [-0.2, 0) is 4.74 Å². The molecule has 0 aromatic heterocycles. The van der Waals surface area contributed by atoms with Crippen molar-refractivity contribution < 1.29 is 14.6 Å². The molecule has 4 rings (SSSR count). The Hall–Kier alpha value is -3.00. The van der Waals surface area contributed by atoms with Gasteiger partial charge in [0.1, 0.15) is 5.84 Å². The first kappa shape index (κ1) is 21.2. The molecule has 1 amide bonds. The Morgan fingerprint density at radius 1 is 1.19 bits per heavy atom. The van der Waals surface area contributed by atoms with E-state index in [9.17, 15) is 9.90 Å². The maximum atomic E-state index is 12.6. The Morgan fingerprint density at radius 3 is 2.58 bits per heavy atom. The van der Waals surface area contributed by atoms with Crippen molar-refractivity contribution in [2.75, 3.05) is 19.7 Å². The van der Waals surface area contributed by atoms with Gasteiger partial charge in [0.05, 0.1) is 5.69 Å². The minimum absolute atomic E-state index is 0.0969. The van der Waals surface area contributed by atoms with Crippen LogP contribution in [0.25, 0.3) is 17.2 Å².